The Morgan fingerprint density at radius 3 is 2.67 bits per heavy atom. The van der Waals surface area contributed by atoms with Crippen LogP contribution in [-0.2, 0) is 11.2 Å². The Morgan fingerprint density at radius 2 is 2.05 bits per heavy atom. The Balaban J connectivity index is 1.87. The third-order valence-corrected chi connectivity index (χ3v) is 3.36. The van der Waals surface area contributed by atoms with E-state index in [0.717, 1.165) is 16.9 Å². The van der Waals surface area contributed by atoms with Crippen LogP contribution in [0.1, 0.15) is 12.0 Å². The molecule has 3 N–H and O–H groups in total. The molecule has 1 aromatic heterocycles. The van der Waals surface area contributed by atoms with Crippen LogP contribution in [0.2, 0.25) is 0 Å². The second-order valence-corrected chi connectivity index (χ2v) is 5.09. The van der Waals surface area contributed by atoms with Gasteiger partial charge in [-0.3, -0.25) is 5.32 Å². The van der Waals surface area contributed by atoms with Gasteiger partial charge in [0.05, 0.1) is 0 Å². The van der Waals surface area contributed by atoms with E-state index in [0.29, 0.717) is 18.0 Å². The average Bonchev–Trinajstić information content (AvgIpc) is 2.97. The molecule has 21 heavy (non-hydrogen) atoms. The Bertz CT molecular complexity index is 589. The first-order valence-corrected chi connectivity index (χ1v) is 7.13. The monoisotopic (exact) mass is 306 g/mol. The Hall–Kier alpha value is -2.48. The fraction of sp³-hybridized carbons (Fsp3) is 0.231. The molecule has 2 rings (SSSR count). The van der Waals surface area contributed by atoms with Crippen LogP contribution in [0.25, 0.3) is 0 Å². The molecule has 0 fully saturated rings. The molecule has 0 spiro atoms. The Kier molecular flexibility index (Phi) is 5.22. The summed E-state index contributed by atoms with van der Waals surface area (Å²) < 4.78 is 0. The smallest absolute Gasteiger partial charge is 0.326 e. The average molecular weight is 306 g/mol. The minimum Gasteiger partial charge on any atom is -0.480 e. The van der Waals surface area contributed by atoms with Crippen molar-refractivity contribution >= 4 is 28.5 Å². The van der Waals surface area contributed by atoms with Gasteiger partial charge < -0.3 is 10.4 Å². The van der Waals surface area contributed by atoms with Crippen molar-refractivity contribution in [2.45, 2.75) is 18.9 Å². The standard InChI is InChI=1S/C13H14N4O3S/c18-11(19)10(7-6-9-4-2-1-3-5-9)15-12(20)16-13-17-14-8-21-13/h1-5,8,10H,6-7H2,(H,18,19)(H2,15,16,17,20)/t10-/m0/s1. The van der Waals surface area contributed by atoms with Crippen LogP contribution in [0, 0.1) is 0 Å². The second kappa shape index (κ2) is 7.34. The van der Waals surface area contributed by atoms with E-state index < -0.39 is 18.0 Å². The summed E-state index contributed by atoms with van der Waals surface area (Å²) in [6, 6.07) is 7.94. The topological polar surface area (TPSA) is 104 Å². The lowest BCUT2D eigenvalue weighted by molar-refractivity contribution is -0.139. The molecule has 110 valence electrons. The molecule has 0 bridgehead atoms. The largest absolute Gasteiger partial charge is 0.480 e. The molecule has 0 aliphatic rings. The van der Waals surface area contributed by atoms with Gasteiger partial charge in [-0.05, 0) is 18.4 Å². The van der Waals surface area contributed by atoms with Gasteiger partial charge in [0, 0.05) is 0 Å². The van der Waals surface area contributed by atoms with Crippen molar-refractivity contribution in [3.63, 3.8) is 0 Å². The number of anilines is 1. The number of amides is 2. The molecule has 0 aliphatic carbocycles. The van der Waals surface area contributed by atoms with Crippen molar-refractivity contribution in [3.05, 3.63) is 41.4 Å². The number of benzene rings is 1. The molecular formula is C13H14N4O3S. The number of hydrogen-bond donors (Lipinski definition) is 3. The summed E-state index contributed by atoms with van der Waals surface area (Å²) in [4.78, 5) is 22.9. The Labute approximate surface area is 125 Å². The molecule has 0 aliphatic heterocycles. The number of urea groups is 1. The fourth-order valence-corrected chi connectivity index (χ4v) is 2.17. The van der Waals surface area contributed by atoms with Crippen molar-refractivity contribution in [2.75, 3.05) is 5.32 Å². The van der Waals surface area contributed by atoms with Gasteiger partial charge in [0.2, 0.25) is 5.13 Å². The molecule has 2 aromatic rings. The highest BCUT2D eigenvalue weighted by Crippen LogP contribution is 2.08. The van der Waals surface area contributed by atoms with Crippen molar-refractivity contribution in [1.82, 2.24) is 15.5 Å². The number of carboxylic acids is 1. The summed E-state index contributed by atoms with van der Waals surface area (Å²) in [5.74, 6) is -1.07. The van der Waals surface area contributed by atoms with Crippen molar-refractivity contribution in [3.8, 4) is 0 Å². The van der Waals surface area contributed by atoms with E-state index in [-0.39, 0.29) is 0 Å². The normalized spacial score (nSPS) is 11.6. The third-order valence-electron chi connectivity index (χ3n) is 2.75. The molecule has 7 nitrogen and oxygen atoms in total. The number of carbonyl (C=O) groups is 2. The van der Waals surface area contributed by atoms with Crippen molar-refractivity contribution in [2.24, 2.45) is 0 Å². The zero-order valence-electron chi connectivity index (χ0n) is 11.0. The molecule has 1 aromatic carbocycles. The summed E-state index contributed by atoms with van der Waals surface area (Å²) in [5, 5.41) is 21.6. The maximum atomic E-state index is 11.7. The number of nitrogens with zero attached hydrogens (tertiary/aromatic N) is 2. The summed E-state index contributed by atoms with van der Waals surface area (Å²) in [5.41, 5.74) is 2.50. The van der Waals surface area contributed by atoms with Crippen LogP contribution >= 0.6 is 11.3 Å². The number of carbonyl (C=O) groups excluding carboxylic acids is 1. The highest BCUT2D eigenvalue weighted by atomic mass is 32.1. The number of aromatic nitrogens is 2. The highest BCUT2D eigenvalue weighted by molar-refractivity contribution is 7.13. The molecule has 1 heterocycles. The molecule has 0 saturated heterocycles. The third kappa shape index (κ3) is 4.84. The van der Waals surface area contributed by atoms with E-state index in [2.05, 4.69) is 20.8 Å². The van der Waals surface area contributed by atoms with Gasteiger partial charge in [-0.25, -0.2) is 9.59 Å². The van der Waals surface area contributed by atoms with E-state index >= 15 is 0 Å². The number of carboxylic acid groups (broad SMARTS) is 1. The first-order chi connectivity index (χ1) is 10.1. The number of nitrogens with one attached hydrogen (secondary N) is 2. The van der Waals surface area contributed by atoms with Gasteiger partial charge in [0.1, 0.15) is 11.6 Å². The predicted octanol–water partition coefficient (Wildman–Crippen LogP) is 1.75. The van der Waals surface area contributed by atoms with E-state index in [1.165, 1.54) is 5.51 Å². The molecule has 0 unspecified atom stereocenters. The van der Waals surface area contributed by atoms with Crippen LogP contribution < -0.4 is 10.6 Å². The van der Waals surface area contributed by atoms with Gasteiger partial charge in [-0.2, -0.15) is 0 Å². The SMILES string of the molecule is O=C(Nc1nncs1)N[C@@H](CCc1ccccc1)C(=O)O. The lowest BCUT2D eigenvalue weighted by Crippen LogP contribution is -2.43. The second-order valence-electron chi connectivity index (χ2n) is 4.26. The van der Waals surface area contributed by atoms with Crippen LogP contribution in [0.3, 0.4) is 0 Å². The number of rotatable bonds is 6. The van der Waals surface area contributed by atoms with Crippen LogP contribution in [0.4, 0.5) is 9.93 Å². The first-order valence-electron chi connectivity index (χ1n) is 6.25. The van der Waals surface area contributed by atoms with Crippen LogP contribution in [0.15, 0.2) is 35.8 Å². The zero-order chi connectivity index (χ0) is 15.1. The van der Waals surface area contributed by atoms with Crippen molar-refractivity contribution < 1.29 is 14.7 Å². The first kappa shape index (κ1) is 14.9. The van der Waals surface area contributed by atoms with Gasteiger partial charge in [-0.1, -0.05) is 41.7 Å². The molecule has 1 atom stereocenters. The Morgan fingerprint density at radius 1 is 1.29 bits per heavy atom. The van der Waals surface area contributed by atoms with Gasteiger partial charge in [-0.15, -0.1) is 10.2 Å². The van der Waals surface area contributed by atoms with Gasteiger partial charge in [0.15, 0.2) is 0 Å². The van der Waals surface area contributed by atoms with Crippen LogP contribution in [-0.4, -0.2) is 33.3 Å². The number of hydrogen-bond acceptors (Lipinski definition) is 5. The zero-order valence-corrected chi connectivity index (χ0v) is 11.8. The fourth-order valence-electron chi connectivity index (χ4n) is 1.73. The van der Waals surface area contributed by atoms with E-state index in [1.54, 1.807) is 0 Å². The predicted molar refractivity (Wildman–Crippen MR) is 78.3 cm³/mol. The minimum absolute atomic E-state index is 0.308. The number of aliphatic carboxylic acids is 1. The van der Waals surface area contributed by atoms with Gasteiger partial charge in [0.25, 0.3) is 0 Å². The molecule has 8 heteroatoms. The minimum atomic E-state index is -1.07. The summed E-state index contributed by atoms with van der Waals surface area (Å²) in [6.45, 7) is 0. The summed E-state index contributed by atoms with van der Waals surface area (Å²) in [7, 11) is 0. The highest BCUT2D eigenvalue weighted by Gasteiger charge is 2.20. The van der Waals surface area contributed by atoms with E-state index in [4.69, 9.17) is 5.11 Å². The maximum Gasteiger partial charge on any atom is 0.326 e. The van der Waals surface area contributed by atoms with E-state index in [9.17, 15) is 9.59 Å². The lowest BCUT2D eigenvalue weighted by atomic mass is 10.1. The van der Waals surface area contributed by atoms with E-state index in [1.807, 2.05) is 30.3 Å². The molecule has 2 amide bonds. The van der Waals surface area contributed by atoms with Gasteiger partial charge >= 0.3 is 12.0 Å². The quantitative estimate of drug-likeness (QED) is 0.754. The van der Waals surface area contributed by atoms with Crippen molar-refractivity contribution in [1.29, 1.82) is 0 Å². The molecule has 0 radical (unpaired) electrons. The van der Waals surface area contributed by atoms with Crippen LogP contribution in [0.5, 0.6) is 0 Å². The summed E-state index contributed by atoms with van der Waals surface area (Å²) >= 11 is 1.16. The molecular weight excluding hydrogens is 292 g/mol. The molecule has 0 saturated carbocycles. The lowest BCUT2D eigenvalue weighted by Gasteiger charge is -2.14. The maximum absolute atomic E-state index is 11.7. The summed E-state index contributed by atoms with van der Waals surface area (Å²) in [6.07, 6.45) is 0.875. The number of aryl methyl sites for hydroxylation is 1.